The van der Waals surface area contributed by atoms with Gasteiger partial charge in [0.15, 0.2) is 0 Å². The van der Waals surface area contributed by atoms with E-state index in [1.165, 1.54) is 11.1 Å². The Morgan fingerprint density at radius 2 is 0.804 bits per heavy atom. The lowest BCUT2D eigenvalue weighted by molar-refractivity contribution is -0.341. The molecule has 0 spiro atoms. The molecule has 0 aromatic heterocycles. The molecule has 2 saturated carbocycles. The van der Waals surface area contributed by atoms with Crippen molar-refractivity contribution in [3.8, 4) is 0 Å². The molecule has 2 aliphatic rings. The van der Waals surface area contributed by atoms with Gasteiger partial charge >= 0.3 is 17.9 Å². The van der Waals surface area contributed by atoms with Crippen LogP contribution in [0.3, 0.4) is 0 Å². The normalized spacial score (nSPS) is 24.0. The number of carboxylic acid groups (broad SMARTS) is 3. The number of carboxylic acids is 3. The highest BCUT2D eigenvalue weighted by molar-refractivity contribution is 6.07. The fourth-order valence-electron chi connectivity index (χ4n) is 8.00. The van der Waals surface area contributed by atoms with E-state index < -0.39 is 48.1 Å². The Balaban J connectivity index is 0.000000189. The lowest BCUT2D eigenvalue weighted by Gasteiger charge is -2.51. The van der Waals surface area contributed by atoms with Gasteiger partial charge in [-0.15, -0.1) is 0 Å². The molecule has 56 heavy (non-hydrogen) atoms. The van der Waals surface area contributed by atoms with Crippen LogP contribution in [0.1, 0.15) is 52.9 Å². The summed E-state index contributed by atoms with van der Waals surface area (Å²) in [7, 11) is 4.22. The largest absolute Gasteiger partial charge is 0.861 e. The maximum absolute atomic E-state index is 11.7. The van der Waals surface area contributed by atoms with Crippen LogP contribution in [0.5, 0.6) is 0 Å². The van der Waals surface area contributed by atoms with E-state index in [2.05, 4.69) is 32.1 Å². The van der Waals surface area contributed by atoms with Crippen molar-refractivity contribution in [1.29, 1.82) is 0 Å². The van der Waals surface area contributed by atoms with Crippen LogP contribution in [0.25, 0.3) is 6.08 Å². The standard InChI is InChI=1S/C18H16O4.C18H20O2.C9H8O2.CH2BO/c19-17(20)15-13(11-7-3-1-4-8-11)16(18(21)22)14(15)12-9-5-2-6-10-12;19-11-15-17(13-7-3-1-4-8-13)16(12-20)18(15)14-9-5-2-6-10-14;10-9(11)7-6-8-4-2-1-3-5-8;2-1-3/h1-10,13-16H,(H,19,20)(H,21,22);1-10,15-20H,11-12H2;1-7H,(H,10,11);1H2/q;;;-1/b;;7-6+;/i;;;1D. The summed E-state index contributed by atoms with van der Waals surface area (Å²) in [6, 6.07) is 47.9. The molecule has 288 valence electrons. The lowest BCUT2D eigenvalue weighted by atomic mass is 9.52. The SMILES string of the molecule is O=C(O)/C=C/c1ccccc1.O=C(O)C1C(c2ccccc2)C(C(=O)O)C1c1ccccc1.OCC1C(c2ccccc2)C(CO)C1c1ccccc1.[2H]C([B])[O-]. The predicted molar refractivity (Wildman–Crippen MR) is 214 cm³/mol. The van der Waals surface area contributed by atoms with E-state index in [1.807, 2.05) is 103 Å². The second kappa shape index (κ2) is 21.9. The minimum atomic E-state index is -1.67. The van der Waals surface area contributed by atoms with Crippen molar-refractivity contribution in [1.82, 2.24) is 0 Å². The summed E-state index contributed by atoms with van der Waals surface area (Å²) in [5.41, 5.74) is 4.88. The molecule has 0 heterocycles. The van der Waals surface area contributed by atoms with E-state index in [4.69, 9.17) is 11.6 Å². The average molecular weight is 755 g/mol. The maximum Gasteiger partial charge on any atom is 0.328 e. The Morgan fingerprint density at radius 3 is 1.05 bits per heavy atom. The van der Waals surface area contributed by atoms with E-state index in [0.717, 1.165) is 22.8 Å². The molecule has 1 atom stereocenters. The zero-order chi connectivity index (χ0) is 41.3. The summed E-state index contributed by atoms with van der Waals surface area (Å²) in [5.74, 6) is -4.37. The van der Waals surface area contributed by atoms with Gasteiger partial charge in [0.1, 0.15) is 0 Å². The molecule has 0 bridgehead atoms. The Hall–Kier alpha value is -5.81. The first-order valence-corrected chi connectivity index (χ1v) is 18.2. The van der Waals surface area contributed by atoms with Gasteiger partial charge in [-0.1, -0.05) is 152 Å². The van der Waals surface area contributed by atoms with Crippen molar-refractivity contribution >= 4 is 31.8 Å². The number of aliphatic hydroxyl groups excluding tert-OH is 2. The molecule has 5 aromatic rings. The molecule has 0 aliphatic heterocycles. The lowest BCUT2D eigenvalue weighted by Crippen LogP contribution is -2.50. The molecule has 9 nitrogen and oxygen atoms in total. The molecule has 1 unspecified atom stereocenters. The number of carbonyl (C=O) groups is 3. The minimum Gasteiger partial charge on any atom is -0.861 e. The van der Waals surface area contributed by atoms with Gasteiger partial charge in [0.25, 0.3) is 0 Å². The van der Waals surface area contributed by atoms with E-state index >= 15 is 0 Å². The fraction of sp³-hybridized carbons (Fsp3) is 0.239. The predicted octanol–water partition coefficient (Wildman–Crippen LogP) is 6.01. The van der Waals surface area contributed by atoms with E-state index in [-0.39, 0.29) is 36.9 Å². The average Bonchev–Trinajstić information content (AvgIpc) is 3.19. The van der Waals surface area contributed by atoms with Gasteiger partial charge in [0.05, 0.1) is 11.8 Å². The highest BCUT2D eigenvalue weighted by Gasteiger charge is 2.58. The van der Waals surface area contributed by atoms with Crippen molar-refractivity contribution in [2.24, 2.45) is 23.7 Å². The van der Waals surface area contributed by atoms with Gasteiger partial charge in [-0.3, -0.25) is 9.59 Å². The summed E-state index contributed by atoms with van der Waals surface area (Å²) in [6.45, 7) is -1.34. The quantitative estimate of drug-likeness (QED) is 0.0845. The highest BCUT2D eigenvalue weighted by Crippen LogP contribution is 2.58. The van der Waals surface area contributed by atoms with Crippen LogP contribution in [0.15, 0.2) is 158 Å². The third kappa shape index (κ3) is 10.9. The fourth-order valence-corrected chi connectivity index (χ4v) is 8.00. The van der Waals surface area contributed by atoms with Gasteiger partial charge < -0.3 is 30.6 Å². The molecular weight excluding hydrogens is 707 g/mol. The maximum atomic E-state index is 11.7. The molecule has 2 radical (unpaired) electrons. The van der Waals surface area contributed by atoms with Gasteiger partial charge in [0, 0.05) is 39.0 Å². The number of benzene rings is 5. The molecular formula is C46H46BO9-. The molecule has 0 saturated heterocycles. The summed E-state index contributed by atoms with van der Waals surface area (Å²) in [6.07, 6.45) is 2.68. The zero-order valence-electron chi connectivity index (χ0n) is 31.6. The monoisotopic (exact) mass is 754 g/mol. The molecule has 2 aliphatic carbocycles. The van der Waals surface area contributed by atoms with Crippen LogP contribution < -0.4 is 5.11 Å². The Labute approximate surface area is 330 Å². The first kappa shape index (κ1) is 41.4. The van der Waals surface area contributed by atoms with Crippen molar-refractivity contribution < 1.29 is 46.4 Å². The number of hydrogen-bond acceptors (Lipinski definition) is 6. The number of aliphatic hydroxyl groups is 2. The Bertz CT molecular complexity index is 1850. The van der Waals surface area contributed by atoms with Crippen molar-refractivity contribution in [3.05, 3.63) is 186 Å². The third-order valence-corrected chi connectivity index (χ3v) is 10.3. The number of aliphatic carboxylic acids is 3. The van der Waals surface area contributed by atoms with Crippen LogP contribution in [0.2, 0.25) is 0 Å². The van der Waals surface area contributed by atoms with E-state index in [1.54, 1.807) is 30.3 Å². The number of hydrogen-bond donors (Lipinski definition) is 5. The molecule has 5 aromatic carbocycles. The van der Waals surface area contributed by atoms with Gasteiger partial charge in [-0.25, -0.2) is 4.79 Å². The molecule has 7 rings (SSSR count). The summed E-state index contributed by atoms with van der Waals surface area (Å²) in [4.78, 5) is 33.5. The smallest absolute Gasteiger partial charge is 0.328 e. The Kier molecular flexibility index (Phi) is 16.2. The third-order valence-electron chi connectivity index (χ3n) is 10.3. The van der Waals surface area contributed by atoms with Crippen LogP contribution in [-0.2, 0) is 14.4 Å². The first-order valence-electron chi connectivity index (χ1n) is 18.7. The first-order chi connectivity index (χ1) is 27.5. The molecule has 5 N–H and O–H groups in total. The van der Waals surface area contributed by atoms with E-state index in [0.29, 0.717) is 0 Å². The Morgan fingerprint density at radius 1 is 0.536 bits per heavy atom. The topological polar surface area (TPSA) is 175 Å². The van der Waals surface area contributed by atoms with Crippen molar-refractivity contribution in [2.45, 2.75) is 23.7 Å². The second-order valence-corrected chi connectivity index (χ2v) is 13.4. The molecule has 2 fully saturated rings. The summed E-state index contributed by atoms with van der Waals surface area (Å²) >= 11 is 0. The summed E-state index contributed by atoms with van der Waals surface area (Å²) in [5, 5.41) is 56.0. The highest BCUT2D eigenvalue weighted by atomic mass is 16.4. The van der Waals surface area contributed by atoms with Crippen molar-refractivity contribution in [3.63, 3.8) is 0 Å². The van der Waals surface area contributed by atoms with Crippen molar-refractivity contribution in [2.75, 3.05) is 19.7 Å². The second-order valence-electron chi connectivity index (χ2n) is 13.4. The summed E-state index contributed by atoms with van der Waals surface area (Å²) < 4.78 is 5.81. The van der Waals surface area contributed by atoms with Gasteiger partial charge in [-0.05, 0) is 58.9 Å². The van der Waals surface area contributed by atoms with Crippen LogP contribution in [0, 0.1) is 23.7 Å². The van der Waals surface area contributed by atoms with Gasteiger partial charge in [0.2, 0.25) is 0 Å². The zero-order valence-corrected chi connectivity index (χ0v) is 30.6. The van der Waals surface area contributed by atoms with Crippen LogP contribution in [-0.4, -0.2) is 71.0 Å². The van der Waals surface area contributed by atoms with E-state index in [9.17, 15) is 34.8 Å². The minimum absolute atomic E-state index is 0.162. The molecule has 10 heteroatoms. The molecule has 0 amide bonds. The van der Waals surface area contributed by atoms with Gasteiger partial charge in [-0.2, -0.15) is 6.48 Å². The van der Waals surface area contributed by atoms with Crippen LogP contribution in [0.4, 0.5) is 0 Å². The van der Waals surface area contributed by atoms with Crippen LogP contribution >= 0.6 is 0 Å². The number of rotatable bonds is 10.